The van der Waals surface area contributed by atoms with Crippen molar-refractivity contribution in [2.75, 3.05) is 10.7 Å². The molecule has 0 fully saturated rings. The van der Waals surface area contributed by atoms with Gasteiger partial charge < -0.3 is 10.7 Å². The van der Waals surface area contributed by atoms with Crippen LogP contribution in [0.25, 0.3) is 11.4 Å². The number of carbonyl (C=O) groups is 1. The van der Waals surface area contributed by atoms with E-state index < -0.39 is 11.3 Å². The molecule has 0 unspecified atom stereocenters. The predicted octanol–water partition coefficient (Wildman–Crippen LogP) is 5.14. The van der Waals surface area contributed by atoms with Gasteiger partial charge in [0.05, 0.1) is 16.8 Å². The zero-order valence-corrected chi connectivity index (χ0v) is 18.1. The molecule has 4 aromatic rings. The van der Waals surface area contributed by atoms with E-state index in [2.05, 4.69) is 20.9 Å². The lowest BCUT2D eigenvalue weighted by Gasteiger charge is -2.33. The van der Waals surface area contributed by atoms with Crippen molar-refractivity contribution in [2.24, 2.45) is 0 Å². The molecule has 2 heterocycles. The van der Waals surface area contributed by atoms with Crippen LogP contribution in [-0.2, 0) is 4.79 Å². The largest absolute Gasteiger partial charge is 0.324 e. The Morgan fingerprint density at radius 1 is 1.00 bits per heavy atom. The molecule has 2 N–H and O–H groups in total. The normalized spacial score (nSPS) is 17.3. The Morgan fingerprint density at radius 3 is 2.47 bits per heavy atom. The van der Waals surface area contributed by atoms with Crippen molar-refractivity contribution < 1.29 is 9.18 Å². The zero-order chi connectivity index (χ0) is 22.1. The summed E-state index contributed by atoms with van der Waals surface area (Å²) in [4.78, 5) is 13.3. The number of para-hydroxylation sites is 1. The smallest absolute Gasteiger partial charge is 0.240 e. The number of aromatic nitrogens is 3. The number of hydrogen-bond acceptors (Lipinski definition) is 5. The number of rotatable bonds is 4. The van der Waals surface area contributed by atoms with Gasteiger partial charge in [-0.2, -0.15) is 0 Å². The molecule has 1 aromatic heterocycles. The number of nitrogens with one attached hydrogen (secondary N) is 2. The summed E-state index contributed by atoms with van der Waals surface area (Å²) < 4.78 is 15.3. The third-order valence-corrected chi connectivity index (χ3v) is 6.63. The third kappa shape index (κ3) is 3.94. The molecule has 1 aliphatic rings. The Bertz CT molecular complexity index is 1270. The summed E-state index contributed by atoms with van der Waals surface area (Å²) in [7, 11) is 0. The van der Waals surface area contributed by atoms with E-state index >= 15 is 0 Å². The van der Waals surface area contributed by atoms with Crippen molar-refractivity contribution in [2.45, 2.75) is 16.4 Å². The first-order valence-corrected chi connectivity index (χ1v) is 11.1. The van der Waals surface area contributed by atoms with Gasteiger partial charge in [-0.1, -0.05) is 78.0 Å². The number of carbonyl (C=O) groups excluding carboxylic acids is 1. The van der Waals surface area contributed by atoms with Gasteiger partial charge in [0.25, 0.3) is 0 Å². The van der Waals surface area contributed by atoms with Crippen LogP contribution in [0, 0.1) is 5.82 Å². The van der Waals surface area contributed by atoms with Crippen LogP contribution in [0.5, 0.6) is 0 Å². The quantitative estimate of drug-likeness (QED) is 0.437. The lowest BCUT2D eigenvalue weighted by molar-refractivity contribution is -0.116. The van der Waals surface area contributed by atoms with Crippen LogP contribution in [0.3, 0.4) is 0 Å². The Labute approximate surface area is 192 Å². The van der Waals surface area contributed by atoms with Gasteiger partial charge in [-0.3, -0.25) is 4.79 Å². The molecule has 1 aliphatic heterocycles. The van der Waals surface area contributed by atoms with E-state index in [0.717, 1.165) is 11.1 Å². The monoisotopic (exact) mass is 465 g/mol. The molecule has 32 heavy (non-hydrogen) atoms. The molecule has 0 saturated carbocycles. The van der Waals surface area contributed by atoms with E-state index in [1.165, 1.54) is 23.9 Å². The van der Waals surface area contributed by atoms with E-state index in [9.17, 15) is 9.18 Å². The van der Waals surface area contributed by atoms with Crippen LogP contribution in [0.1, 0.15) is 11.6 Å². The predicted molar refractivity (Wildman–Crippen MR) is 124 cm³/mol. The van der Waals surface area contributed by atoms with E-state index in [1.54, 1.807) is 41.1 Å². The minimum Gasteiger partial charge on any atom is -0.324 e. The summed E-state index contributed by atoms with van der Waals surface area (Å²) in [5.74, 6) is 0.0369. The zero-order valence-electron chi connectivity index (χ0n) is 16.6. The molecule has 6 nitrogen and oxygen atoms in total. The highest BCUT2D eigenvalue weighted by Gasteiger charge is 2.38. The Hall–Kier alpha value is -3.36. The second-order valence-corrected chi connectivity index (χ2v) is 8.69. The molecule has 5 rings (SSSR count). The fourth-order valence-electron chi connectivity index (χ4n) is 3.52. The number of hydrogen-bond donors (Lipinski definition) is 2. The highest BCUT2D eigenvalue weighted by molar-refractivity contribution is 8.00. The number of amides is 1. The highest BCUT2D eigenvalue weighted by Crippen LogP contribution is 2.39. The second-order valence-electron chi connectivity index (χ2n) is 7.17. The van der Waals surface area contributed by atoms with Gasteiger partial charge in [-0.05, 0) is 29.8 Å². The number of fused-ring (bicyclic) bond motifs is 1. The summed E-state index contributed by atoms with van der Waals surface area (Å²) >= 11 is 7.52. The molecular formula is C23H17ClFN5OS. The van der Waals surface area contributed by atoms with Crippen LogP contribution in [0.2, 0.25) is 5.02 Å². The second kappa shape index (κ2) is 8.64. The van der Waals surface area contributed by atoms with E-state index in [1.807, 2.05) is 30.3 Å². The summed E-state index contributed by atoms with van der Waals surface area (Å²) in [5.41, 5.74) is 5.53. The molecule has 160 valence electrons. The van der Waals surface area contributed by atoms with Gasteiger partial charge in [0.2, 0.25) is 11.1 Å². The first kappa shape index (κ1) is 20.5. The Kier molecular flexibility index (Phi) is 5.55. The molecule has 2 atom stereocenters. The molecular weight excluding hydrogens is 449 g/mol. The van der Waals surface area contributed by atoms with Crippen LogP contribution in [-0.4, -0.2) is 26.0 Å². The number of benzene rings is 3. The first-order valence-electron chi connectivity index (χ1n) is 9.85. The highest BCUT2D eigenvalue weighted by atomic mass is 35.5. The van der Waals surface area contributed by atoms with Gasteiger partial charge in [-0.15, -0.1) is 10.2 Å². The number of thioether (sulfide) groups is 1. The lowest BCUT2D eigenvalue weighted by atomic mass is 10.0. The van der Waals surface area contributed by atoms with Crippen molar-refractivity contribution >= 4 is 35.0 Å². The van der Waals surface area contributed by atoms with E-state index in [-0.39, 0.29) is 11.7 Å². The van der Waals surface area contributed by atoms with Gasteiger partial charge in [0.15, 0.2) is 5.82 Å². The summed E-state index contributed by atoms with van der Waals surface area (Å²) in [6.07, 6.45) is 0. The van der Waals surface area contributed by atoms with Crippen LogP contribution in [0.4, 0.5) is 10.1 Å². The van der Waals surface area contributed by atoms with Gasteiger partial charge >= 0.3 is 0 Å². The van der Waals surface area contributed by atoms with Crippen LogP contribution in [0.15, 0.2) is 84.0 Å². The Balaban J connectivity index is 1.52. The fourth-order valence-corrected chi connectivity index (χ4v) is 4.78. The molecule has 9 heteroatoms. The minimum atomic E-state index is -0.600. The molecule has 1 amide bonds. The standard InChI is InChI=1S/C23H17ClFN5OS/c24-17-8-4-5-9-18(17)26-22(31)20-19(14-10-12-16(25)13-11-14)29-30-21(27-28-23(30)32-20)15-6-2-1-3-7-15/h1-13,19-20,29H,(H,26,31)/t19-,20+/m0/s1. The molecule has 0 spiro atoms. The SMILES string of the molecule is O=C(Nc1ccccc1Cl)[C@@H]1Sc2nnc(-c3ccccc3)n2N[C@H]1c1ccc(F)cc1. The molecule has 0 bridgehead atoms. The van der Waals surface area contributed by atoms with Gasteiger partial charge in [-0.25, -0.2) is 9.07 Å². The maximum Gasteiger partial charge on any atom is 0.240 e. The maximum atomic E-state index is 13.6. The summed E-state index contributed by atoms with van der Waals surface area (Å²) in [6, 6.07) is 22.3. The number of halogens is 2. The van der Waals surface area contributed by atoms with E-state index in [0.29, 0.717) is 21.7 Å². The molecule has 0 aliphatic carbocycles. The first-order chi connectivity index (χ1) is 15.6. The maximum absolute atomic E-state index is 13.6. The van der Waals surface area contributed by atoms with Crippen molar-refractivity contribution in [3.63, 3.8) is 0 Å². The van der Waals surface area contributed by atoms with Crippen LogP contribution < -0.4 is 10.7 Å². The fraction of sp³-hybridized carbons (Fsp3) is 0.0870. The summed E-state index contributed by atoms with van der Waals surface area (Å²) in [5, 5.41) is 11.9. The van der Waals surface area contributed by atoms with E-state index in [4.69, 9.17) is 11.6 Å². The van der Waals surface area contributed by atoms with Crippen LogP contribution >= 0.6 is 23.4 Å². The molecule has 0 saturated heterocycles. The topological polar surface area (TPSA) is 71.8 Å². The number of nitrogens with zero attached hydrogens (tertiary/aromatic N) is 3. The Morgan fingerprint density at radius 2 is 1.72 bits per heavy atom. The van der Waals surface area contributed by atoms with Gasteiger partial charge in [0, 0.05) is 5.56 Å². The van der Waals surface area contributed by atoms with Crippen molar-refractivity contribution in [1.29, 1.82) is 0 Å². The summed E-state index contributed by atoms with van der Waals surface area (Å²) in [6.45, 7) is 0. The molecule has 0 radical (unpaired) electrons. The average Bonchev–Trinajstić information content (AvgIpc) is 3.24. The molecule has 3 aromatic carbocycles. The van der Waals surface area contributed by atoms with Crippen molar-refractivity contribution in [3.8, 4) is 11.4 Å². The average molecular weight is 466 g/mol. The van der Waals surface area contributed by atoms with Crippen molar-refractivity contribution in [1.82, 2.24) is 14.9 Å². The van der Waals surface area contributed by atoms with Crippen molar-refractivity contribution in [3.05, 3.63) is 95.3 Å². The number of anilines is 1. The lowest BCUT2D eigenvalue weighted by Crippen LogP contribution is -2.41. The third-order valence-electron chi connectivity index (χ3n) is 5.09. The minimum absolute atomic E-state index is 0.250. The van der Waals surface area contributed by atoms with Gasteiger partial charge in [0.1, 0.15) is 11.1 Å².